The Kier molecular flexibility index (Phi) is 6.66. The Morgan fingerprint density at radius 1 is 1.33 bits per heavy atom. The van der Waals surface area contributed by atoms with Crippen molar-refractivity contribution in [3.05, 3.63) is 29.8 Å². The highest BCUT2D eigenvalue weighted by molar-refractivity contribution is 7.89. The van der Waals surface area contributed by atoms with Gasteiger partial charge in [0.15, 0.2) is 0 Å². The number of sulfonamides is 1. The molecule has 1 aliphatic rings. The van der Waals surface area contributed by atoms with Crippen LogP contribution in [-0.4, -0.2) is 38.9 Å². The Bertz CT molecular complexity index is 561. The Labute approximate surface area is 134 Å². The van der Waals surface area contributed by atoms with Gasteiger partial charge in [-0.25, -0.2) is 8.42 Å². The van der Waals surface area contributed by atoms with Gasteiger partial charge in [0.2, 0.25) is 10.0 Å². The Hall–Kier alpha value is -0.620. The molecule has 1 N–H and O–H groups in total. The SMILES string of the molecule is CNC1CCCN(S(=O)(=O)c2cccc(C(C)C)c2)C1.Cl. The average molecular weight is 333 g/mol. The molecule has 6 heteroatoms. The second kappa shape index (κ2) is 7.58. The summed E-state index contributed by atoms with van der Waals surface area (Å²) in [6.07, 6.45) is 1.95. The van der Waals surface area contributed by atoms with Crippen LogP contribution < -0.4 is 5.32 Å². The first-order valence-electron chi connectivity index (χ1n) is 7.22. The largest absolute Gasteiger partial charge is 0.316 e. The smallest absolute Gasteiger partial charge is 0.243 e. The summed E-state index contributed by atoms with van der Waals surface area (Å²) in [5, 5.41) is 3.18. The van der Waals surface area contributed by atoms with Crippen molar-refractivity contribution >= 4 is 22.4 Å². The zero-order chi connectivity index (χ0) is 14.8. The van der Waals surface area contributed by atoms with Crippen LogP contribution in [0.3, 0.4) is 0 Å². The Morgan fingerprint density at radius 3 is 2.67 bits per heavy atom. The van der Waals surface area contributed by atoms with Gasteiger partial charge < -0.3 is 5.32 Å². The number of halogens is 1. The first-order valence-corrected chi connectivity index (χ1v) is 8.66. The normalized spacial score (nSPS) is 20.3. The number of piperidine rings is 1. The van der Waals surface area contributed by atoms with Crippen molar-refractivity contribution in [2.45, 2.75) is 43.5 Å². The van der Waals surface area contributed by atoms with Gasteiger partial charge in [-0.3, -0.25) is 0 Å². The first-order chi connectivity index (χ1) is 9.45. The molecule has 1 aromatic rings. The summed E-state index contributed by atoms with van der Waals surface area (Å²) in [6.45, 7) is 5.32. The third-order valence-electron chi connectivity index (χ3n) is 3.95. The fourth-order valence-electron chi connectivity index (χ4n) is 2.58. The lowest BCUT2D eigenvalue weighted by atomic mass is 10.0. The fraction of sp³-hybridized carbons (Fsp3) is 0.600. The number of nitrogens with zero attached hydrogens (tertiary/aromatic N) is 1. The predicted molar refractivity (Wildman–Crippen MR) is 88.6 cm³/mol. The van der Waals surface area contributed by atoms with E-state index in [-0.39, 0.29) is 18.4 Å². The number of hydrogen-bond acceptors (Lipinski definition) is 3. The van der Waals surface area contributed by atoms with E-state index in [2.05, 4.69) is 19.2 Å². The third kappa shape index (κ3) is 4.19. The lowest BCUT2D eigenvalue weighted by Crippen LogP contribution is -2.46. The molecular weight excluding hydrogens is 308 g/mol. The van der Waals surface area contributed by atoms with Crippen molar-refractivity contribution in [1.82, 2.24) is 9.62 Å². The summed E-state index contributed by atoms with van der Waals surface area (Å²) in [4.78, 5) is 0.417. The molecule has 0 amide bonds. The number of nitrogens with one attached hydrogen (secondary N) is 1. The molecule has 1 aromatic carbocycles. The Balaban J connectivity index is 0.00000220. The van der Waals surface area contributed by atoms with E-state index in [4.69, 9.17) is 0 Å². The minimum absolute atomic E-state index is 0. The summed E-state index contributed by atoms with van der Waals surface area (Å²) >= 11 is 0. The van der Waals surface area contributed by atoms with E-state index in [0.29, 0.717) is 23.9 Å². The predicted octanol–water partition coefficient (Wildman–Crippen LogP) is 2.60. The first kappa shape index (κ1) is 18.4. The molecule has 0 spiro atoms. The van der Waals surface area contributed by atoms with Crippen LogP contribution in [0, 0.1) is 0 Å². The van der Waals surface area contributed by atoms with Crippen LogP contribution in [0.1, 0.15) is 38.2 Å². The lowest BCUT2D eigenvalue weighted by Gasteiger charge is -2.31. The van der Waals surface area contributed by atoms with Crippen molar-refractivity contribution in [3.8, 4) is 0 Å². The van der Waals surface area contributed by atoms with Crippen LogP contribution >= 0.6 is 12.4 Å². The zero-order valence-corrected chi connectivity index (χ0v) is 14.5. The number of rotatable bonds is 4. The molecule has 0 saturated carbocycles. The van der Waals surface area contributed by atoms with Crippen molar-refractivity contribution in [1.29, 1.82) is 0 Å². The standard InChI is InChI=1S/C15H24N2O2S.ClH/c1-12(2)13-6-4-8-15(10-13)20(18,19)17-9-5-7-14(11-17)16-3;/h4,6,8,10,12,14,16H,5,7,9,11H2,1-3H3;1H. The summed E-state index contributed by atoms with van der Waals surface area (Å²) in [5.41, 5.74) is 1.06. The summed E-state index contributed by atoms with van der Waals surface area (Å²) in [7, 11) is -1.48. The highest BCUT2D eigenvalue weighted by Gasteiger charge is 2.29. The zero-order valence-electron chi connectivity index (χ0n) is 12.9. The molecule has 1 unspecified atom stereocenters. The average Bonchev–Trinajstić information content (AvgIpc) is 2.47. The molecule has 120 valence electrons. The topological polar surface area (TPSA) is 49.4 Å². The molecule has 0 radical (unpaired) electrons. The molecule has 1 saturated heterocycles. The molecule has 4 nitrogen and oxygen atoms in total. The molecule has 1 atom stereocenters. The van der Waals surface area contributed by atoms with Gasteiger partial charge in [-0.15, -0.1) is 12.4 Å². The fourth-order valence-corrected chi connectivity index (χ4v) is 4.16. The van der Waals surface area contributed by atoms with Gasteiger partial charge in [0.05, 0.1) is 4.90 Å². The van der Waals surface area contributed by atoms with Gasteiger partial charge in [-0.05, 0) is 43.5 Å². The van der Waals surface area contributed by atoms with Crippen LogP contribution in [0.25, 0.3) is 0 Å². The number of benzene rings is 1. The van der Waals surface area contributed by atoms with Crippen molar-refractivity contribution in [3.63, 3.8) is 0 Å². The summed E-state index contributed by atoms with van der Waals surface area (Å²) < 4.78 is 27.1. The van der Waals surface area contributed by atoms with Crippen LogP contribution in [0.15, 0.2) is 29.2 Å². The van der Waals surface area contributed by atoms with E-state index in [1.165, 1.54) is 0 Å². The Morgan fingerprint density at radius 2 is 2.05 bits per heavy atom. The van der Waals surface area contributed by atoms with Gasteiger partial charge in [0, 0.05) is 19.1 Å². The van der Waals surface area contributed by atoms with Crippen LogP contribution in [-0.2, 0) is 10.0 Å². The molecule has 0 aliphatic carbocycles. The van der Waals surface area contributed by atoms with Crippen molar-refractivity contribution in [2.75, 3.05) is 20.1 Å². The number of hydrogen-bond donors (Lipinski definition) is 1. The van der Waals surface area contributed by atoms with Crippen LogP contribution in [0.4, 0.5) is 0 Å². The maximum atomic E-state index is 12.7. The quantitative estimate of drug-likeness (QED) is 0.922. The number of likely N-dealkylation sites (N-methyl/N-ethyl adjacent to an activating group) is 1. The van der Waals surface area contributed by atoms with Gasteiger partial charge in [-0.1, -0.05) is 26.0 Å². The van der Waals surface area contributed by atoms with Crippen molar-refractivity contribution < 1.29 is 8.42 Å². The second-order valence-corrected chi connectivity index (χ2v) is 7.66. The summed E-state index contributed by atoms with van der Waals surface area (Å²) in [5.74, 6) is 0.330. The third-order valence-corrected chi connectivity index (χ3v) is 5.82. The lowest BCUT2D eigenvalue weighted by molar-refractivity contribution is 0.293. The van der Waals surface area contributed by atoms with Gasteiger partial charge >= 0.3 is 0 Å². The maximum Gasteiger partial charge on any atom is 0.243 e. The minimum Gasteiger partial charge on any atom is -0.316 e. The van der Waals surface area contributed by atoms with Gasteiger partial charge in [0.1, 0.15) is 0 Å². The molecule has 2 rings (SSSR count). The minimum atomic E-state index is -3.37. The van der Waals surface area contributed by atoms with Crippen LogP contribution in [0.2, 0.25) is 0 Å². The monoisotopic (exact) mass is 332 g/mol. The van der Waals surface area contributed by atoms with E-state index in [1.54, 1.807) is 10.4 Å². The van der Waals surface area contributed by atoms with E-state index in [0.717, 1.165) is 18.4 Å². The molecule has 0 bridgehead atoms. The highest BCUT2D eigenvalue weighted by atomic mass is 35.5. The van der Waals surface area contributed by atoms with Crippen molar-refractivity contribution in [2.24, 2.45) is 0 Å². The van der Waals surface area contributed by atoms with Gasteiger partial charge in [0.25, 0.3) is 0 Å². The van der Waals surface area contributed by atoms with Crippen LogP contribution in [0.5, 0.6) is 0 Å². The summed E-state index contributed by atoms with van der Waals surface area (Å²) in [6, 6.07) is 7.58. The van der Waals surface area contributed by atoms with Gasteiger partial charge in [-0.2, -0.15) is 4.31 Å². The molecule has 1 aliphatic heterocycles. The molecular formula is C15H25ClN2O2S. The second-order valence-electron chi connectivity index (χ2n) is 5.72. The maximum absolute atomic E-state index is 12.7. The van der Waals surface area contributed by atoms with E-state index in [1.807, 2.05) is 25.2 Å². The van der Waals surface area contributed by atoms with E-state index < -0.39 is 10.0 Å². The molecule has 0 aromatic heterocycles. The molecule has 1 heterocycles. The van der Waals surface area contributed by atoms with E-state index >= 15 is 0 Å². The van der Waals surface area contributed by atoms with E-state index in [9.17, 15) is 8.42 Å². The highest BCUT2D eigenvalue weighted by Crippen LogP contribution is 2.23. The molecule has 21 heavy (non-hydrogen) atoms. The molecule has 1 fully saturated rings.